The van der Waals surface area contributed by atoms with E-state index in [1.165, 1.54) is 0 Å². The van der Waals surface area contributed by atoms with Gasteiger partial charge in [-0.1, -0.05) is 5.16 Å². The van der Waals surface area contributed by atoms with E-state index in [-0.39, 0.29) is 11.5 Å². The highest BCUT2D eigenvalue weighted by atomic mass is 19.3. The Hall–Kier alpha value is -0.970. The summed E-state index contributed by atoms with van der Waals surface area (Å²) in [7, 11) is 0. The standard InChI is InChI=1S/C10H14F2N2O/c1-10(11,12)8-6-15-14-9(8)7-2-4-13-5-3-7/h6-7,13H,2-5H2,1H3. The van der Waals surface area contributed by atoms with Crippen LogP contribution in [-0.2, 0) is 5.92 Å². The van der Waals surface area contributed by atoms with Crippen molar-refractivity contribution >= 4 is 0 Å². The molecule has 2 heterocycles. The molecule has 1 fully saturated rings. The van der Waals surface area contributed by atoms with E-state index in [0.717, 1.165) is 39.1 Å². The number of nitrogens with zero attached hydrogens (tertiary/aromatic N) is 1. The van der Waals surface area contributed by atoms with Gasteiger partial charge < -0.3 is 9.84 Å². The minimum absolute atomic E-state index is 0.0607. The van der Waals surface area contributed by atoms with Crippen LogP contribution in [0.1, 0.15) is 36.9 Å². The van der Waals surface area contributed by atoms with Crippen LogP contribution < -0.4 is 5.32 Å². The van der Waals surface area contributed by atoms with Crippen LogP contribution in [0.4, 0.5) is 8.78 Å². The summed E-state index contributed by atoms with van der Waals surface area (Å²) in [5, 5.41) is 6.91. The minimum atomic E-state index is -2.86. The maximum atomic E-state index is 13.2. The van der Waals surface area contributed by atoms with E-state index in [2.05, 4.69) is 15.0 Å². The molecule has 84 valence electrons. The lowest BCUT2D eigenvalue weighted by Gasteiger charge is -2.22. The molecule has 1 N–H and O–H groups in total. The van der Waals surface area contributed by atoms with Crippen LogP contribution in [0, 0.1) is 0 Å². The van der Waals surface area contributed by atoms with Crippen molar-refractivity contribution in [1.29, 1.82) is 0 Å². The van der Waals surface area contributed by atoms with Crippen LogP contribution in [0.3, 0.4) is 0 Å². The molecule has 1 aliphatic rings. The number of nitrogens with one attached hydrogen (secondary N) is 1. The van der Waals surface area contributed by atoms with Crippen molar-refractivity contribution in [2.45, 2.75) is 31.6 Å². The van der Waals surface area contributed by atoms with Crippen LogP contribution in [0.2, 0.25) is 0 Å². The second-order valence-electron chi connectivity index (χ2n) is 4.03. The van der Waals surface area contributed by atoms with E-state index in [0.29, 0.717) is 5.69 Å². The van der Waals surface area contributed by atoms with Gasteiger partial charge in [0.05, 0.1) is 11.3 Å². The van der Waals surface area contributed by atoms with Gasteiger partial charge in [-0.05, 0) is 25.9 Å². The maximum Gasteiger partial charge on any atom is 0.275 e. The fourth-order valence-corrected chi connectivity index (χ4v) is 1.96. The van der Waals surface area contributed by atoms with Crippen molar-refractivity contribution in [2.75, 3.05) is 13.1 Å². The number of rotatable bonds is 2. The van der Waals surface area contributed by atoms with Gasteiger partial charge in [-0.3, -0.25) is 0 Å². The zero-order valence-electron chi connectivity index (χ0n) is 8.59. The smallest absolute Gasteiger partial charge is 0.275 e. The van der Waals surface area contributed by atoms with Gasteiger partial charge in [0.2, 0.25) is 0 Å². The second kappa shape index (κ2) is 3.89. The highest BCUT2D eigenvalue weighted by molar-refractivity contribution is 5.23. The van der Waals surface area contributed by atoms with E-state index in [4.69, 9.17) is 0 Å². The summed E-state index contributed by atoms with van der Waals surface area (Å²) in [6, 6.07) is 0. The molecule has 15 heavy (non-hydrogen) atoms. The van der Waals surface area contributed by atoms with Crippen LogP contribution in [0.25, 0.3) is 0 Å². The van der Waals surface area contributed by atoms with E-state index in [9.17, 15) is 8.78 Å². The van der Waals surface area contributed by atoms with E-state index >= 15 is 0 Å². The van der Waals surface area contributed by atoms with E-state index in [1.54, 1.807) is 0 Å². The lowest BCUT2D eigenvalue weighted by molar-refractivity contribution is 0.0156. The fourth-order valence-electron chi connectivity index (χ4n) is 1.96. The van der Waals surface area contributed by atoms with Gasteiger partial charge >= 0.3 is 0 Å². The molecule has 1 saturated heterocycles. The predicted octanol–water partition coefficient (Wildman–Crippen LogP) is 2.25. The highest BCUT2D eigenvalue weighted by Crippen LogP contribution is 2.35. The van der Waals surface area contributed by atoms with Crippen LogP contribution in [-0.4, -0.2) is 18.2 Å². The average molecular weight is 216 g/mol. The van der Waals surface area contributed by atoms with Gasteiger partial charge in [0.15, 0.2) is 0 Å². The van der Waals surface area contributed by atoms with Crippen LogP contribution in [0.5, 0.6) is 0 Å². The summed E-state index contributed by atoms with van der Waals surface area (Å²) in [6.07, 6.45) is 2.75. The fraction of sp³-hybridized carbons (Fsp3) is 0.700. The Bertz CT molecular complexity index is 326. The molecule has 1 aromatic rings. The summed E-state index contributed by atoms with van der Waals surface area (Å²) in [4.78, 5) is 0. The molecule has 1 aromatic heterocycles. The Morgan fingerprint density at radius 3 is 2.73 bits per heavy atom. The summed E-state index contributed by atoms with van der Waals surface area (Å²) in [6.45, 7) is 2.59. The number of alkyl halides is 2. The summed E-state index contributed by atoms with van der Waals surface area (Å²) >= 11 is 0. The van der Waals surface area contributed by atoms with Crippen molar-refractivity contribution in [3.63, 3.8) is 0 Å². The number of halogens is 2. The molecule has 0 spiro atoms. The average Bonchev–Trinajstić information content (AvgIpc) is 2.67. The van der Waals surface area contributed by atoms with Crippen molar-refractivity contribution in [1.82, 2.24) is 10.5 Å². The van der Waals surface area contributed by atoms with Crippen molar-refractivity contribution in [3.05, 3.63) is 17.5 Å². The van der Waals surface area contributed by atoms with Gasteiger partial charge in [0, 0.05) is 12.8 Å². The molecule has 5 heteroatoms. The molecule has 0 saturated carbocycles. The largest absolute Gasteiger partial charge is 0.364 e. The number of hydrogen-bond donors (Lipinski definition) is 1. The summed E-state index contributed by atoms with van der Waals surface area (Å²) in [5.41, 5.74) is 0.374. The van der Waals surface area contributed by atoms with Crippen LogP contribution >= 0.6 is 0 Å². The Morgan fingerprint density at radius 2 is 2.13 bits per heavy atom. The Kier molecular flexibility index (Phi) is 2.73. The molecular formula is C10H14F2N2O. The van der Waals surface area contributed by atoms with Gasteiger partial charge in [0.1, 0.15) is 6.26 Å². The minimum Gasteiger partial charge on any atom is -0.364 e. The quantitative estimate of drug-likeness (QED) is 0.824. The third kappa shape index (κ3) is 2.17. The monoisotopic (exact) mass is 216 g/mol. The Balaban J connectivity index is 2.24. The van der Waals surface area contributed by atoms with Crippen LogP contribution in [0.15, 0.2) is 10.8 Å². The Morgan fingerprint density at radius 1 is 1.47 bits per heavy atom. The second-order valence-corrected chi connectivity index (χ2v) is 4.03. The van der Waals surface area contributed by atoms with Gasteiger partial charge in [0.25, 0.3) is 5.92 Å². The molecule has 0 aromatic carbocycles. The molecule has 0 atom stereocenters. The highest BCUT2D eigenvalue weighted by Gasteiger charge is 2.34. The number of piperidine rings is 1. The normalized spacial score (nSPS) is 19.4. The zero-order chi connectivity index (χ0) is 10.9. The van der Waals surface area contributed by atoms with Crippen molar-refractivity contribution in [2.24, 2.45) is 0 Å². The molecule has 3 nitrogen and oxygen atoms in total. The molecule has 1 aliphatic heterocycles. The molecule has 0 aliphatic carbocycles. The lowest BCUT2D eigenvalue weighted by atomic mass is 9.91. The van der Waals surface area contributed by atoms with Gasteiger partial charge in [-0.2, -0.15) is 0 Å². The lowest BCUT2D eigenvalue weighted by Crippen LogP contribution is -2.27. The number of aromatic nitrogens is 1. The molecule has 0 amide bonds. The molecule has 0 radical (unpaired) electrons. The first-order valence-electron chi connectivity index (χ1n) is 5.12. The zero-order valence-corrected chi connectivity index (χ0v) is 8.59. The topological polar surface area (TPSA) is 38.1 Å². The Labute approximate surface area is 86.8 Å². The summed E-state index contributed by atoms with van der Waals surface area (Å²) < 4.78 is 31.1. The first-order valence-corrected chi connectivity index (χ1v) is 5.12. The van der Waals surface area contributed by atoms with Gasteiger partial charge in [-0.25, -0.2) is 8.78 Å². The molecule has 0 bridgehead atoms. The third-order valence-corrected chi connectivity index (χ3v) is 2.80. The molecular weight excluding hydrogens is 202 g/mol. The van der Waals surface area contributed by atoms with Crippen molar-refractivity contribution < 1.29 is 13.3 Å². The predicted molar refractivity (Wildman–Crippen MR) is 50.9 cm³/mol. The van der Waals surface area contributed by atoms with E-state index in [1.807, 2.05) is 0 Å². The maximum absolute atomic E-state index is 13.2. The number of hydrogen-bond acceptors (Lipinski definition) is 3. The van der Waals surface area contributed by atoms with E-state index < -0.39 is 5.92 Å². The first kappa shape index (κ1) is 10.5. The first-order chi connectivity index (χ1) is 7.09. The third-order valence-electron chi connectivity index (χ3n) is 2.80. The summed E-state index contributed by atoms with van der Waals surface area (Å²) in [5.74, 6) is -2.76. The van der Waals surface area contributed by atoms with Gasteiger partial charge in [-0.15, -0.1) is 0 Å². The molecule has 2 rings (SSSR count). The SMILES string of the molecule is CC(F)(F)c1conc1C1CCNCC1. The van der Waals surface area contributed by atoms with Crippen molar-refractivity contribution in [3.8, 4) is 0 Å². The molecule has 0 unspecified atom stereocenters.